The van der Waals surface area contributed by atoms with E-state index in [-0.39, 0.29) is 0 Å². The molecule has 4 nitrogen and oxygen atoms in total. The fourth-order valence-corrected chi connectivity index (χ4v) is 1.70. The van der Waals surface area contributed by atoms with Crippen molar-refractivity contribution in [1.29, 1.82) is 0 Å². The second-order valence-corrected chi connectivity index (χ2v) is 4.17. The van der Waals surface area contributed by atoms with Crippen LogP contribution in [0.3, 0.4) is 0 Å². The third-order valence-electron chi connectivity index (χ3n) is 2.31. The molecule has 0 amide bonds. The van der Waals surface area contributed by atoms with Crippen LogP contribution in [0.5, 0.6) is 0 Å². The molecule has 2 aromatic heterocycles. The van der Waals surface area contributed by atoms with Gasteiger partial charge in [-0.15, -0.1) is 0 Å². The van der Waals surface area contributed by atoms with E-state index < -0.39 is 0 Å². The number of pyridine rings is 1. The molecule has 0 aromatic carbocycles. The number of aromatic nitrogens is 3. The molecular formula is C11H13BrN4. The summed E-state index contributed by atoms with van der Waals surface area (Å²) in [5.74, 6) is 0. The summed E-state index contributed by atoms with van der Waals surface area (Å²) < 4.78 is 2.82. The van der Waals surface area contributed by atoms with Crippen molar-refractivity contribution < 1.29 is 0 Å². The van der Waals surface area contributed by atoms with Gasteiger partial charge >= 0.3 is 0 Å². The van der Waals surface area contributed by atoms with Gasteiger partial charge in [0.1, 0.15) is 4.60 Å². The molecular weight excluding hydrogens is 268 g/mol. The molecule has 0 aliphatic rings. The highest BCUT2D eigenvalue weighted by atomic mass is 79.9. The molecule has 5 heteroatoms. The van der Waals surface area contributed by atoms with Gasteiger partial charge < -0.3 is 5.32 Å². The molecule has 1 N–H and O–H groups in total. The topological polar surface area (TPSA) is 42.7 Å². The molecule has 0 bridgehead atoms. The van der Waals surface area contributed by atoms with E-state index in [9.17, 15) is 0 Å². The van der Waals surface area contributed by atoms with Crippen LogP contribution in [0.4, 0.5) is 5.69 Å². The maximum atomic E-state index is 4.21. The first-order chi connectivity index (χ1) is 7.79. The Labute approximate surface area is 103 Å². The molecule has 0 aliphatic heterocycles. The molecule has 2 heterocycles. The summed E-state index contributed by atoms with van der Waals surface area (Å²) in [5.41, 5.74) is 2.18. The van der Waals surface area contributed by atoms with E-state index in [1.807, 2.05) is 29.1 Å². The van der Waals surface area contributed by atoms with Gasteiger partial charge in [0.15, 0.2) is 0 Å². The van der Waals surface area contributed by atoms with Gasteiger partial charge in [0.05, 0.1) is 24.1 Å². The van der Waals surface area contributed by atoms with Gasteiger partial charge in [-0.25, -0.2) is 4.98 Å². The number of aryl methyl sites for hydroxylation is 1. The van der Waals surface area contributed by atoms with Gasteiger partial charge in [-0.1, -0.05) is 0 Å². The highest BCUT2D eigenvalue weighted by Gasteiger charge is 2.00. The Hall–Kier alpha value is -1.36. The number of nitrogens with zero attached hydrogens (tertiary/aromatic N) is 3. The minimum absolute atomic E-state index is 0.761. The van der Waals surface area contributed by atoms with Crippen molar-refractivity contribution in [2.75, 3.05) is 5.32 Å². The van der Waals surface area contributed by atoms with Gasteiger partial charge in [0.25, 0.3) is 0 Å². The quantitative estimate of drug-likeness (QED) is 0.876. The number of nitrogens with one attached hydrogen (secondary N) is 1. The van der Waals surface area contributed by atoms with Crippen molar-refractivity contribution in [3.63, 3.8) is 0 Å². The zero-order valence-electron chi connectivity index (χ0n) is 9.02. The fourth-order valence-electron chi connectivity index (χ4n) is 1.47. The van der Waals surface area contributed by atoms with Crippen LogP contribution in [0.15, 0.2) is 35.2 Å². The molecule has 0 aliphatic carbocycles. The third kappa shape index (κ3) is 2.61. The van der Waals surface area contributed by atoms with Crippen LogP contribution >= 0.6 is 15.9 Å². The summed E-state index contributed by atoms with van der Waals surface area (Å²) in [4.78, 5) is 4.15. The summed E-state index contributed by atoms with van der Waals surface area (Å²) in [6.45, 7) is 3.73. The van der Waals surface area contributed by atoms with Crippen LogP contribution in [-0.2, 0) is 13.1 Å². The van der Waals surface area contributed by atoms with Crippen LogP contribution in [-0.4, -0.2) is 14.8 Å². The van der Waals surface area contributed by atoms with E-state index in [2.05, 4.69) is 38.3 Å². The average molecular weight is 281 g/mol. The first-order valence-electron chi connectivity index (χ1n) is 5.15. The van der Waals surface area contributed by atoms with E-state index in [0.29, 0.717) is 0 Å². The Kier molecular flexibility index (Phi) is 3.56. The molecule has 0 atom stereocenters. The summed E-state index contributed by atoms with van der Waals surface area (Å²) >= 11 is 3.31. The molecule has 0 radical (unpaired) electrons. The standard InChI is InChI=1S/C11H13BrN4/c1-2-16-10(5-6-15-16)8-13-9-3-4-11(12)14-7-9/h3-7,13H,2,8H2,1H3. The lowest BCUT2D eigenvalue weighted by molar-refractivity contribution is 0.627. The summed E-state index contributed by atoms with van der Waals surface area (Å²) in [7, 11) is 0. The SMILES string of the molecule is CCn1nccc1CNc1ccc(Br)nc1. The fraction of sp³-hybridized carbons (Fsp3) is 0.273. The van der Waals surface area contributed by atoms with E-state index in [4.69, 9.17) is 0 Å². The van der Waals surface area contributed by atoms with Gasteiger partial charge in [-0.2, -0.15) is 5.10 Å². The minimum atomic E-state index is 0.761. The molecule has 16 heavy (non-hydrogen) atoms. The van der Waals surface area contributed by atoms with Crippen molar-refractivity contribution in [1.82, 2.24) is 14.8 Å². The van der Waals surface area contributed by atoms with E-state index >= 15 is 0 Å². The summed E-state index contributed by atoms with van der Waals surface area (Å²) in [6.07, 6.45) is 3.62. The van der Waals surface area contributed by atoms with Gasteiger partial charge in [0.2, 0.25) is 0 Å². The first-order valence-corrected chi connectivity index (χ1v) is 5.95. The monoisotopic (exact) mass is 280 g/mol. The maximum absolute atomic E-state index is 4.21. The highest BCUT2D eigenvalue weighted by Crippen LogP contribution is 2.11. The minimum Gasteiger partial charge on any atom is -0.378 e. The lowest BCUT2D eigenvalue weighted by Crippen LogP contribution is -2.07. The van der Waals surface area contributed by atoms with Crippen LogP contribution in [0.2, 0.25) is 0 Å². The predicted octanol–water partition coefficient (Wildman–Crippen LogP) is 2.67. The number of rotatable bonds is 4. The van der Waals surface area contributed by atoms with Crippen LogP contribution in [0.25, 0.3) is 0 Å². The second kappa shape index (κ2) is 5.12. The molecule has 0 saturated heterocycles. The van der Waals surface area contributed by atoms with E-state index in [1.54, 1.807) is 6.20 Å². The average Bonchev–Trinajstić information content (AvgIpc) is 2.76. The van der Waals surface area contributed by atoms with Gasteiger partial charge in [-0.3, -0.25) is 4.68 Å². The Balaban J connectivity index is 1.99. The normalized spacial score (nSPS) is 10.4. The van der Waals surface area contributed by atoms with Crippen LogP contribution in [0, 0.1) is 0 Å². The molecule has 0 spiro atoms. The largest absolute Gasteiger partial charge is 0.378 e. The Morgan fingerprint density at radius 1 is 1.38 bits per heavy atom. The Bertz CT molecular complexity index is 449. The maximum Gasteiger partial charge on any atom is 0.106 e. The number of hydrogen-bond donors (Lipinski definition) is 1. The van der Waals surface area contributed by atoms with Crippen molar-refractivity contribution in [3.8, 4) is 0 Å². The smallest absolute Gasteiger partial charge is 0.106 e. The molecule has 2 aromatic rings. The van der Waals surface area contributed by atoms with E-state index in [1.165, 1.54) is 5.69 Å². The third-order valence-corrected chi connectivity index (χ3v) is 2.77. The number of anilines is 1. The van der Waals surface area contributed by atoms with Crippen LogP contribution < -0.4 is 5.32 Å². The lowest BCUT2D eigenvalue weighted by Gasteiger charge is -2.07. The first kappa shape index (κ1) is 11.1. The van der Waals surface area contributed by atoms with E-state index in [0.717, 1.165) is 23.4 Å². The Morgan fingerprint density at radius 3 is 2.94 bits per heavy atom. The van der Waals surface area contributed by atoms with Gasteiger partial charge in [0, 0.05) is 12.7 Å². The van der Waals surface area contributed by atoms with Crippen molar-refractivity contribution in [2.45, 2.75) is 20.0 Å². The lowest BCUT2D eigenvalue weighted by atomic mass is 10.3. The van der Waals surface area contributed by atoms with Crippen molar-refractivity contribution in [3.05, 3.63) is 40.9 Å². The molecule has 2 rings (SSSR count). The molecule has 0 unspecified atom stereocenters. The predicted molar refractivity (Wildman–Crippen MR) is 67.2 cm³/mol. The van der Waals surface area contributed by atoms with Crippen molar-refractivity contribution >= 4 is 21.6 Å². The molecule has 84 valence electrons. The zero-order chi connectivity index (χ0) is 11.4. The van der Waals surface area contributed by atoms with Gasteiger partial charge in [-0.05, 0) is 41.1 Å². The van der Waals surface area contributed by atoms with Crippen LogP contribution in [0.1, 0.15) is 12.6 Å². The summed E-state index contributed by atoms with van der Waals surface area (Å²) in [6, 6.07) is 5.92. The number of halogens is 1. The Morgan fingerprint density at radius 2 is 2.25 bits per heavy atom. The summed E-state index contributed by atoms with van der Waals surface area (Å²) in [5, 5.41) is 7.52. The molecule has 0 saturated carbocycles. The molecule has 0 fully saturated rings. The zero-order valence-corrected chi connectivity index (χ0v) is 10.6. The highest BCUT2D eigenvalue weighted by molar-refractivity contribution is 9.10. The second-order valence-electron chi connectivity index (χ2n) is 3.36. The number of hydrogen-bond acceptors (Lipinski definition) is 3. The van der Waals surface area contributed by atoms with Crippen molar-refractivity contribution in [2.24, 2.45) is 0 Å².